The maximum absolute atomic E-state index is 12.2. The summed E-state index contributed by atoms with van der Waals surface area (Å²) in [6.07, 6.45) is 1.11. The molecule has 0 aromatic heterocycles. The molecule has 0 radical (unpaired) electrons. The molecular formula is C19H30O6S. The van der Waals surface area contributed by atoms with Gasteiger partial charge in [-0.1, -0.05) is 13.8 Å². The predicted molar refractivity (Wildman–Crippen MR) is 101 cm³/mol. The molecule has 0 saturated heterocycles. The van der Waals surface area contributed by atoms with Crippen molar-refractivity contribution in [3.8, 4) is 5.75 Å². The molecule has 0 bridgehead atoms. The average molecular weight is 387 g/mol. The monoisotopic (exact) mass is 386 g/mol. The molecule has 26 heavy (non-hydrogen) atoms. The van der Waals surface area contributed by atoms with E-state index in [4.69, 9.17) is 14.2 Å². The van der Waals surface area contributed by atoms with Crippen LogP contribution in [0.2, 0.25) is 0 Å². The Morgan fingerprint density at radius 1 is 0.923 bits per heavy atom. The Bertz CT molecular complexity index is 750. The van der Waals surface area contributed by atoms with Crippen molar-refractivity contribution in [1.82, 2.24) is 0 Å². The van der Waals surface area contributed by atoms with Gasteiger partial charge in [0.05, 0.1) is 13.2 Å². The summed E-state index contributed by atoms with van der Waals surface area (Å²) in [5.41, 5.74) is 3.02. The first-order valence-corrected chi connectivity index (χ1v) is 10.5. The van der Waals surface area contributed by atoms with Crippen LogP contribution in [0.25, 0.3) is 0 Å². The average Bonchev–Trinajstić information content (AvgIpc) is 2.52. The molecule has 0 unspecified atom stereocenters. The fraction of sp³-hybridized carbons (Fsp3) is 0.632. The minimum absolute atomic E-state index is 0.0618. The molecular weight excluding hydrogens is 356 g/mol. The topological polar surface area (TPSA) is 78.9 Å². The van der Waals surface area contributed by atoms with Crippen LogP contribution in [-0.4, -0.2) is 47.1 Å². The highest BCUT2D eigenvalue weighted by Crippen LogP contribution is 2.36. The third kappa shape index (κ3) is 6.07. The summed E-state index contributed by atoms with van der Waals surface area (Å²) in [6, 6.07) is 0. The second kappa shape index (κ2) is 9.48. The van der Waals surface area contributed by atoms with Crippen LogP contribution < -0.4 is 4.74 Å². The van der Waals surface area contributed by atoms with E-state index in [1.54, 1.807) is 13.8 Å². The number of hydrogen-bond acceptors (Lipinski definition) is 6. The van der Waals surface area contributed by atoms with Crippen molar-refractivity contribution >= 4 is 15.8 Å². The zero-order valence-corrected chi connectivity index (χ0v) is 17.6. The van der Waals surface area contributed by atoms with Gasteiger partial charge in [-0.3, -0.25) is 0 Å². The van der Waals surface area contributed by atoms with Crippen molar-refractivity contribution in [2.75, 3.05) is 32.7 Å². The Morgan fingerprint density at radius 2 is 1.46 bits per heavy atom. The second-order valence-electron chi connectivity index (χ2n) is 6.93. The Kier molecular flexibility index (Phi) is 8.24. The molecule has 0 N–H and O–H groups in total. The van der Waals surface area contributed by atoms with Gasteiger partial charge in [0, 0.05) is 12.9 Å². The SMILES string of the molecule is Cc1c(C)c(C)c(S(C)(=O)=O)c(OC(=O)COCCOCC(C)C)c1C. The van der Waals surface area contributed by atoms with E-state index in [0.717, 1.165) is 17.4 Å². The molecule has 0 atom stereocenters. The zero-order chi connectivity index (χ0) is 20.1. The minimum Gasteiger partial charge on any atom is -0.423 e. The summed E-state index contributed by atoms with van der Waals surface area (Å²) in [5, 5.41) is 0. The number of carbonyl (C=O) groups is 1. The Morgan fingerprint density at radius 3 is 2.00 bits per heavy atom. The summed E-state index contributed by atoms with van der Waals surface area (Å²) >= 11 is 0. The van der Waals surface area contributed by atoms with E-state index in [2.05, 4.69) is 0 Å². The first-order valence-electron chi connectivity index (χ1n) is 8.63. The first-order chi connectivity index (χ1) is 12.0. The van der Waals surface area contributed by atoms with E-state index in [-0.39, 0.29) is 23.9 Å². The van der Waals surface area contributed by atoms with Crippen molar-refractivity contribution in [2.24, 2.45) is 5.92 Å². The van der Waals surface area contributed by atoms with Gasteiger partial charge >= 0.3 is 5.97 Å². The van der Waals surface area contributed by atoms with E-state index in [0.29, 0.717) is 30.3 Å². The molecule has 1 rings (SSSR count). The van der Waals surface area contributed by atoms with Crippen molar-refractivity contribution in [3.05, 3.63) is 22.3 Å². The highest BCUT2D eigenvalue weighted by Gasteiger charge is 2.25. The van der Waals surface area contributed by atoms with Gasteiger partial charge in [-0.05, 0) is 55.9 Å². The molecule has 0 aliphatic rings. The smallest absolute Gasteiger partial charge is 0.337 e. The van der Waals surface area contributed by atoms with Crippen LogP contribution in [0.4, 0.5) is 0 Å². The minimum atomic E-state index is -3.55. The number of rotatable bonds is 9. The van der Waals surface area contributed by atoms with E-state index in [9.17, 15) is 13.2 Å². The number of ether oxygens (including phenoxy) is 3. The molecule has 6 nitrogen and oxygen atoms in total. The summed E-state index contributed by atoms with van der Waals surface area (Å²) in [5.74, 6) is -0.104. The number of carbonyl (C=O) groups excluding carboxylic acids is 1. The molecule has 148 valence electrons. The van der Waals surface area contributed by atoms with Crippen LogP contribution in [0.1, 0.15) is 36.1 Å². The van der Waals surface area contributed by atoms with Gasteiger partial charge in [0.2, 0.25) is 0 Å². The molecule has 7 heteroatoms. The lowest BCUT2D eigenvalue weighted by molar-refractivity contribution is -0.140. The normalized spacial score (nSPS) is 11.8. The quantitative estimate of drug-likeness (QED) is 0.369. The van der Waals surface area contributed by atoms with Crippen LogP contribution in [-0.2, 0) is 24.1 Å². The third-order valence-corrected chi connectivity index (χ3v) is 5.44. The Labute approximate surface area is 156 Å². The maximum Gasteiger partial charge on any atom is 0.337 e. The lowest BCUT2D eigenvalue weighted by Crippen LogP contribution is -2.20. The van der Waals surface area contributed by atoms with Crippen LogP contribution in [0.15, 0.2) is 4.90 Å². The van der Waals surface area contributed by atoms with E-state index in [1.807, 2.05) is 27.7 Å². The van der Waals surface area contributed by atoms with Crippen LogP contribution in [0.3, 0.4) is 0 Å². The Hall–Kier alpha value is -1.44. The van der Waals surface area contributed by atoms with Crippen LogP contribution >= 0.6 is 0 Å². The van der Waals surface area contributed by atoms with Crippen molar-refractivity contribution < 1.29 is 27.4 Å². The fourth-order valence-corrected chi connectivity index (χ4v) is 3.79. The zero-order valence-electron chi connectivity index (χ0n) is 16.8. The highest BCUT2D eigenvalue weighted by atomic mass is 32.2. The van der Waals surface area contributed by atoms with Gasteiger partial charge in [-0.2, -0.15) is 0 Å². The van der Waals surface area contributed by atoms with Gasteiger partial charge < -0.3 is 14.2 Å². The first kappa shape index (κ1) is 22.6. The van der Waals surface area contributed by atoms with Crippen molar-refractivity contribution in [1.29, 1.82) is 0 Å². The predicted octanol–water partition coefficient (Wildman–Crippen LogP) is 2.92. The molecule has 0 spiro atoms. The molecule has 0 heterocycles. The van der Waals surface area contributed by atoms with Crippen LogP contribution in [0.5, 0.6) is 5.75 Å². The lowest BCUT2D eigenvalue weighted by Gasteiger charge is -2.19. The van der Waals surface area contributed by atoms with E-state index >= 15 is 0 Å². The molecule has 1 aromatic carbocycles. The van der Waals surface area contributed by atoms with Gasteiger partial charge in [-0.25, -0.2) is 13.2 Å². The standard InChI is InChI=1S/C19H30O6S/c1-12(2)10-23-8-9-24-11-17(20)25-18-15(5)13(3)14(4)16(6)19(18)26(7,21)22/h12H,8-11H2,1-7H3. The Balaban J connectivity index is 2.85. The van der Waals surface area contributed by atoms with Gasteiger partial charge in [0.1, 0.15) is 11.5 Å². The molecule has 0 saturated carbocycles. The summed E-state index contributed by atoms with van der Waals surface area (Å²) in [4.78, 5) is 12.2. The second-order valence-corrected chi connectivity index (χ2v) is 8.88. The molecule has 0 aliphatic carbocycles. The fourth-order valence-electron chi connectivity index (χ4n) is 2.55. The van der Waals surface area contributed by atoms with Crippen molar-refractivity contribution in [3.63, 3.8) is 0 Å². The number of hydrogen-bond donors (Lipinski definition) is 0. The van der Waals surface area contributed by atoms with E-state index in [1.165, 1.54) is 0 Å². The van der Waals surface area contributed by atoms with Gasteiger partial charge in [-0.15, -0.1) is 0 Å². The summed E-state index contributed by atoms with van der Waals surface area (Å²) in [6.45, 7) is 12.3. The summed E-state index contributed by atoms with van der Waals surface area (Å²) in [7, 11) is -3.55. The number of benzene rings is 1. The van der Waals surface area contributed by atoms with Crippen LogP contribution in [0, 0.1) is 33.6 Å². The summed E-state index contributed by atoms with van der Waals surface area (Å²) < 4.78 is 40.4. The number of esters is 1. The van der Waals surface area contributed by atoms with Gasteiger partial charge in [0.15, 0.2) is 15.6 Å². The largest absolute Gasteiger partial charge is 0.423 e. The molecule has 0 amide bonds. The third-order valence-electron chi connectivity index (χ3n) is 4.20. The molecule has 0 aliphatic heterocycles. The molecule has 1 aromatic rings. The molecule has 0 fully saturated rings. The van der Waals surface area contributed by atoms with Crippen molar-refractivity contribution in [2.45, 2.75) is 46.4 Å². The van der Waals surface area contributed by atoms with E-state index < -0.39 is 15.8 Å². The van der Waals surface area contributed by atoms with Gasteiger partial charge in [0.25, 0.3) is 0 Å². The highest BCUT2D eigenvalue weighted by molar-refractivity contribution is 7.90. The lowest BCUT2D eigenvalue weighted by atomic mass is 9.98. The maximum atomic E-state index is 12.2. The number of sulfone groups is 1.